The number of morpholine rings is 1. The van der Waals surface area contributed by atoms with Crippen molar-refractivity contribution in [1.29, 1.82) is 0 Å². The second-order valence-corrected chi connectivity index (χ2v) is 12.0. The normalized spacial score (nSPS) is 27.7. The lowest BCUT2D eigenvalue weighted by atomic mass is 9.48. The molecule has 0 unspecified atom stereocenters. The molecule has 0 aromatic heterocycles. The van der Waals surface area contributed by atoms with Crippen molar-refractivity contribution in [2.45, 2.75) is 43.9 Å². The number of carbonyl (C=O) groups is 2. The molecule has 5 aliphatic rings. The van der Waals surface area contributed by atoms with E-state index in [1.807, 2.05) is 12.1 Å². The first-order chi connectivity index (χ1) is 19.0. The molecule has 4 bridgehead atoms. The number of anilines is 1. The maximum absolute atomic E-state index is 12.6. The van der Waals surface area contributed by atoms with Gasteiger partial charge in [-0.1, -0.05) is 12.1 Å². The second kappa shape index (κ2) is 11.2. The van der Waals surface area contributed by atoms with Crippen LogP contribution in [0.5, 0.6) is 11.5 Å². The molecule has 8 heteroatoms. The number of benzene rings is 2. The molecule has 0 radical (unpaired) electrons. The van der Waals surface area contributed by atoms with Crippen LogP contribution in [0.1, 0.15) is 54.4 Å². The summed E-state index contributed by atoms with van der Waals surface area (Å²) in [4.78, 5) is 27.4. The molecular formula is C31H39N3O5. The smallest absolute Gasteiger partial charge is 0.262 e. The average Bonchev–Trinajstić information content (AvgIpc) is 2.93. The summed E-state index contributed by atoms with van der Waals surface area (Å²) < 4.78 is 11.1. The van der Waals surface area contributed by atoms with Crippen LogP contribution < -0.4 is 15.4 Å². The fourth-order valence-corrected chi connectivity index (χ4v) is 7.74. The molecule has 0 spiro atoms. The number of phenolic OH excluding ortho intramolecular Hbond substituents is 1. The van der Waals surface area contributed by atoms with Gasteiger partial charge < -0.3 is 25.2 Å². The summed E-state index contributed by atoms with van der Waals surface area (Å²) in [5.74, 6) is 2.57. The third kappa shape index (κ3) is 5.92. The van der Waals surface area contributed by atoms with E-state index in [1.54, 1.807) is 0 Å². The molecule has 1 aliphatic heterocycles. The lowest BCUT2D eigenvalue weighted by Crippen LogP contribution is -2.48. The van der Waals surface area contributed by atoms with E-state index in [-0.39, 0.29) is 24.0 Å². The third-order valence-corrected chi connectivity index (χ3v) is 9.22. The third-order valence-electron chi connectivity index (χ3n) is 9.22. The fraction of sp³-hybridized carbons (Fsp3) is 0.548. The van der Waals surface area contributed by atoms with Gasteiger partial charge in [0.25, 0.3) is 11.8 Å². The summed E-state index contributed by atoms with van der Waals surface area (Å²) in [7, 11) is 0. The molecule has 2 aromatic carbocycles. The van der Waals surface area contributed by atoms with Crippen LogP contribution >= 0.6 is 0 Å². The Morgan fingerprint density at radius 3 is 2.31 bits per heavy atom. The van der Waals surface area contributed by atoms with Crippen molar-refractivity contribution in [1.82, 2.24) is 10.2 Å². The maximum atomic E-state index is 12.6. The first-order valence-electron chi connectivity index (χ1n) is 14.4. The van der Waals surface area contributed by atoms with E-state index in [0.29, 0.717) is 36.5 Å². The Balaban J connectivity index is 0.997. The lowest BCUT2D eigenvalue weighted by molar-refractivity contribution is -0.118. The lowest BCUT2D eigenvalue weighted by Gasteiger charge is -2.57. The maximum Gasteiger partial charge on any atom is 0.262 e. The molecule has 8 nitrogen and oxygen atoms in total. The Bertz CT molecular complexity index is 1160. The topological polar surface area (TPSA) is 100 Å². The molecule has 4 aliphatic carbocycles. The first-order valence-corrected chi connectivity index (χ1v) is 14.4. The van der Waals surface area contributed by atoms with Gasteiger partial charge in [-0.3, -0.25) is 14.5 Å². The summed E-state index contributed by atoms with van der Waals surface area (Å²) >= 11 is 0. The van der Waals surface area contributed by atoms with E-state index < -0.39 is 5.91 Å². The summed E-state index contributed by atoms with van der Waals surface area (Å²) in [6.07, 6.45) is 8.22. The highest BCUT2D eigenvalue weighted by molar-refractivity contribution is 5.98. The second-order valence-electron chi connectivity index (χ2n) is 12.0. The van der Waals surface area contributed by atoms with Gasteiger partial charge in [-0.15, -0.1) is 0 Å². The molecule has 2 amide bonds. The van der Waals surface area contributed by atoms with E-state index in [2.05, 4.69) is 27.7 Å². The van der Waals surface area contributed by atoms with Crippen LogP contribution in [0, 0.1) is 17.8 Å². The van der Waals surface area contributed by atoms with Gasteiger partial charge in [0.05, 0.1) is 18.9 Å². The number of hydrogen-bond acceptors (Lipinski definition) is 6. The van der Waals surface area contributed by atoms with Gasteiger partial charge in [0.2, 0.25) is 0 Å². The minimum atomic E-state index is -0.402. The van der Waals surface area contributed by atoms with Crippen molar-refractivity contribution in [2.75, 3.05) is 51.3 Å². The van der Waals surface area contributed by atoms with Gasteiger partial charge in [0, 0.05) is 31.7 Å². The Morgan fingerprint density at radius 1 is 0.974 bits per heavy atom. The molecule has 208 valence electrons. The Kier molecular flexibility index (Phi) is 7.49. The Morgan fingerprint density at radius 2 is 1.64 bits per heavy atom. The molecule has 3 N–H and O–H groups in total. The summed E-state index contributed by atoms with van der Waals surface area (Å²) in [5, 5.41) is 15.8. The number of rotatable bonds is 9. The number of nitrogens with one attached hydrogen (secondary N) is 2. The first kappa shape index (κ1) is 26.1. The fourth-order valence-electron chi connectivity index (χ4n) is 7.74. The van der Waals surface area contributed by atoms with Crippen LogP contribution in [0.25, 0.3) is 0 Å². The minimum Gasteiger partial charge on any atom is -0.506 e. The minimum absolute atomic E-state index is 0.104. The van der Waals surface area contributed by atoms with Crippen LogP contribution in [-0.2, 0) is 14.9 Å². The predicted octanol–water partition coefficient (Wildman–Crippen LogP) is 3.94. The van der Waals surface area contributed by atoms with Crippen molar-refractivity contribution < 1.29 is 24.2 Å². The zero-order valence-electron chi connectivity index (χ0n) is 22.5. The highest BCUT2D eigenvalue weighted by Gasteiger charge is 2.51. The van der Waals surface area contributed by atoms with Crippen LogP contribution in [0.2, 0.25) is 0 Å². The van der Waals surface area contributed by atoms with Gasteiger partial charge in [-0.05, 0) is 97.6 Å². The Hall–Kier alpha value is -3.10. The van der Waals surface area contributed by atoms with E-state index in [9.17, 15) is 14.7 Å². The van der Waals surface area contributed by atoms with Gasteiger partial charge in [0.1, 0.15) is 11.5 Å². The molecular weight excluding hydrogens is 494 g/mol. The number of ether oxygens (including phenoxy) is 2. The standard InChI is InChI=1S/C31H39N3O5/c35-28-6-1-24(30(37)32-7-8-34-9-11-38-12-10-34)16-27(28)33-29(36)20-39-26-4-2-25(3-5-26)31-17-21-13-22(18-31)15-23(14-21)19-31/h1-6,16,21-23,35H,7-15,17-20H2,(H,32,37)(H,33,36). The number of nitrogens with zero attached hydrogens (tertiary/aromatic N) is 1. The van der Waals surface area contributed by atoms with E-state index in [4.69, 9.17) is 9.47 Å². The molecule has 5 fully saturated rings. The number of hydrogen-bond donors (Lipinski definition) is 3. The van der Waals surface area contributed by atoms with Gasteiger partial charge in [-0.25, -0.2) is 0 Å². The Labute approximate surface area is 230 Å². The van der Waals surface area contributed by atoms with Crippen molar-refractivity contribution in [3.05, 3.63) is 53.6 Å². The summed E-state index contributed by atoms with van der Waals surface area (Å²) in [5.41, 5.74) is 2.30. The van der Waals surface area contributed by atoms with Crippen LogP contribution in [-0.4, -0.2) is 67.8 Å². The number of phenols is 1. The highest BCUT2D eigenvalue weighted by atomic mass is 16.5. The van der Waals surface area contributed by atoms with Gasteiger partial charge >= 0.3 is 0 Å². The molecule has 7 rings (SSSR count). The number of carbonyl (C=O) groups excluding carboxylic acids is 2. The molecule has 1 saturated heterocycles. The number of aromatic hydroxyl groups is 1. The highest BCUT2D eigenvalue weighted by Crippen LogP contribution is 2.60. The predicted molar refractivity (Wildman–Crippen MR) is 148 cm³/mol. The van der Waals surface area contributed by atoms with Crippen LogP contribution in [0.4, 0.5) is 5.69 Å². The van der Waals surface area contributed by atoms with Crippen molar-refractivity contribution >= 4 is 17.5 Å². The SMILES string of the molecule is O=C(COc1ccc(C23CC4CC(CC(C4)C2)C3)cc1)Nc1cc(C(=O)NCCN2CCOCC2)ccc1O. The molecule has 0 atom stereocenters. The molecule has 4 saturated carbocycles. The van der Waals surface area contributed by atoms with Crippen molar-refractivity contribution in [3.63, 3.8) is 0 Å². The summed E-state index contributed by atoms with van der Waals surface area (Å²) in [6, 6.07) is 12.8. The molecule has 1 heterocycles. The van der Waals surface area contributed by atoms with E-state index in [0.717, 1.165) is 37.4 Å². The molecule has 2 aromatic rings. The molecule has 39 heavy (non-hydrogen) atoms. The van der Waals surface area contributed by atoms with Gasteiger partial charge in [0.15, 0.2) is 6.61 Å². The van der Waals surface area contributed by atoms with Gasteiger partial charge in [-0.2, -0.15) is 0 Å². The van der Waals surface area contributed by atoms with Crippen LogP contribution in [0.15, 0.2) is 42.5 Å². The quantitative estimate of drug-likeness (QED) is 0.423. The monoisotopic (exact) mass is 533 g/mol. The number of amides is 2. The zero-order valence-corrected chi connectivity index (χ0v) is 22.5. The zero-order chi connectivity index (χ0) is 26.8. The van der Waals surface area contributed by atoms with E-state index >= 15 is 0 Å². The summed E-state index contributed by atoms with van der Waals surface area (Å²) in [6.45, 7) is 4.22. The van der Waals surface area contributed by atoms with E-state index in [1.165, 1.54) is 62.3 Å². The van der Waals surface area contributed by atoms with Crippen molar-refractivity contribution in [3.8, 4) is 11.5 Å². The van der Waals surface area contributed by atoms with Crippen LogP contribution in [0.3, 0.4) is 0 Å². The van der Waals surface area contributed by atoms with Crippen molar-refractivity contribution in [2.24, 2.45) is 17.8 Å². The average molecular weight is 534 g/mol. The largest absolute Gasteiger partial charge is 0.506 e.